The van der Waals surface area contributed by atoms with Gasteiger partial charge in [-0.3, -0.25) is 5.32 Å². The van der Waals surface area contributed by atoms with Crippen LogP contribution in [0.25, 0.3) is 10.6 Å². The molecule has 2 aliphatic heterocycles. The highest BCUT2D eigenvalue weighted by molar-refractivity contribution is 7.15. The number of rotatable bonds is 3. The number of aliphatic hydroxyl groups is 1. The molecule has 0 bridgehead atoms. The molecule has 4 N–H and O–H groups in total. The zero-order valence-corrected chi connectivity index (χ0v) is 17.5. The number of hydrogen-bond donors (Lipinski definition) is 4. The number of fused-ring (bicyclic) bond motifs is 2. The van der Waals surface area contributed by atoms with Gasteiger partial charge in [-0.25, -0.2) is 14.4 Å². The maximum Gasteiger partial charge on any atom is 0.420 e. The highest BCUT2D eigenvalue weighted by Gasteiger charge is 2.36. The second-order valence-electron chi connectivity index (χ2n) is 7.70. The zero-order chi connectivity index (χ0) is 22.5. The van der Waals surface area contributed by atoms with Crippen LogP contribution < -0.4 is 16.0 Å². The molecule has 3 aromatic rings. The molecule has 168 valence electrons. The maximum atomic E-state index is 14.6. The largest absolute Gasteiger partial charge is 0.420 e. The van der Waals surface area contributed by atoms with Crippen molar-refractivity contribution in [3.05, 3.63) is 57.3 Å². The fourth-order valence-electron chi connectivity index (χ4n) is 3.97. The number of hydrogen-bond acceptors (Lipinski definition) is 7. The van der Waals surface area contributed by atoms with Crippen LogP contribution in [0.3, 0.4) is 0 Å². The van der Waals surface area contributed by atoms with E-state index in [0.29, 0.717) is 31.3 Å². The molecule has 0 aliphatic carbocycles. The van der Waals surface area contributed by atoms with E-state index in [1.165, 1.54) is 12.1 Å². The molecule has 5 rings (SSSR count). The molecule has 0 radical (unpaired) electrons. The molecule has 0 saturated carbocycles. The lowest BCUT2D eigenvalue weighted by Crippen LogP contribution is -2.28. The van der Waals surface area contributed by atoms with Crippen LogP contribution in [0.2, 0.25) is 0 Å². The standard InChI is InChI=1S/C21H19F4N5OS/c22-14-5-11-8-26-3-1-10(11)6-15(14)29-20-28-9-13(21(23,24)25)18(30-20)17-7-12-16(32-17)2-4-27-19(12)31/h5-7,9,19,26-27,31H,1-4,8H2,(H,28,29,30). The van der Waals surface area contributed by atoms with Gasteiger partial charge in [-0.1, -0.05) is 0 Å². The summed E-state index contributed by atoms with van der Waals surface area (Å²) in [5.74, 6) is -0.663. The number of benzene rings is 1. The predicted octanol–water partition coefficient (Wildman–Crippen LogP) is 3.89. The van der Waals surface area contributed by atoms with E-state index in [1.807, 2.05) is 0 Å². The van der Waals surface area contributed by atoms with Crippen molar-refractivity contribution in [3.63, 3.8) is 0 Å². The highest BCUT2D eigenvalue weighted by atomic mass is 32.1. The van der Waals surface area contributed by atoms with E-state index in [1.54, 1.807) is 6.07 Å². The lowest BCUT2D eigenvalue weighted by atomic mass is 10.00. The number of nitrogens with zero attached hydrogens (tertiary/aromatic N) is 2. The topological polar surface area (TPSA) is 82.1 Å². The Labute approximate surface area is 184 Å². The summed E-state index contributed by atoms with van der Waals surface area (Å²) in [4.78, 5) is 8.99. The molecule has 32 heavy (non-hydrogen) atoms. The summed E-state index contributed by atoms with van der Waals surface area (Å²) in [6.07, 6.45) is -3.57. The van der Waals surface area contributed by atoms with E-state index in [0.717, 1.165) is 40.3 Å². The first-order valence-electron chi connectivity index (χ1n) is 10.1. The molecule has 4 heterocycles. The van der Waals surface area contributed by atoms with Crippen molar-refractivity contribution in [3.8, 4) is 10.6 Å². The molecule has 0 saturated heterocycles. The van der Waals surface area contributed by atoms with Gasteiger partial charge in [-0.15, -0.1) is 11.3 Å². The van der Waals surface area contributed by atoms with Gasteiger partial charge in [0.15, 0.2) is 0 Å². The summed E-state index contributed by atoms with van der Waals surface area (Å²) in [5, 5.41) is 18.9. The second-order valence-corrected chi connectivity index (χ2v) is 8.84. The van der Waals surface area contributed by atoms with Crippen LogP contribution in [0.4, 0.5) is 29.2 Å². The van der Waals surface area contributed by atoms with E-state index in [-0.39, 0.29) is 22.2 Å². The monoisotopic (exact) mass is 465 g/mol. The van der Waals surface area contributed by atoms with Gasteiger partial charge in [-0.05, 0) is 48.7 Å². The number of alkyl halides is 3. The molecule has 11 heteroatoms. The van der Waals surface area contributed by atoms with Gasteiger partial charge < -0.3 is 15.7 Å². The average Bonchev–Trinajstić information content (AvgIpc) is 3.19. The minimum Gasteiger partial charge on any atom is -0.374 e. The molecular formula is C21H19F4N5OS. The van der Waals surface area contributed by atoms with E-state index in [2.05, 4.69) is 25.9 Å². The van der Waals surface area contributed by atoms with E-state index >= 15 is 0 Å². The molecule has 1 unspecified atom stereocenters. The fourth-order valence-corrected chi connectivity index (χ4v) is 5.17. The van der Waals surface area contributed by atoms with Crippen molar-refractivity contribution in [2.75, 3.05) is 18.4 Å². The lowest BCUT2D eigenvalue weighted by molar-refractivity contribution is -0.137. The molecule has 1 atom stereocenters. The zero-order valence-electron chi connectivity index (χ0n) is 16.7. The SMILES string of the molecule is OC1NCCc2sc(-c3nc(Nc4cc5c(cc4F)CNCC5)ncc3C(F)(F)F)cc21. The van der Waals surface area contributed by atoms with Crippen LogP contribution in [0.5, 0.6) is 0 Å². The van der Waals surface area contributed by atoms with E-state index in [9.17, 15) is 22.7 Å². The molecule has 0 spiro atoms. The third-order valence-corrected chi connectivity index (χ3v) is 6.79. The number of aliphatic hydroxyl groups excluding tert-OH is 1. The highest BCUT2D eigenvalue weighted by Crippen LogP contribution is 2.41. The number of halogens is 4. The van der Waals surface area contributed by atoms with Crippen LogP contribution >= 0.6 is 11.3 Å². The third-order valence-electron chi connectivity index (χ3n) is 5.58. The maximum absolute atomic E-state index is 14.6. The normalized spacial score (nSPS) is 18.2. The van der Waals surface area contributed by atoms with Crippen LogP contribution in [0.15, 0.2) is 24.4 Å². The minimum absolute atomic E-state index is 0.112. The summed E-state index contributed by atoms with van der Waals surface area (Å²) < 4.78 is 55.6. The molecule has 6 nitrogen and oxygen atoms in total. The molecule has 2 aromatic heterocycles. The van der Waals surface area contributed by atoms with Crippen molar-refractivity contribution >= 4 is 23.0 Å². The Morgan fingerprint density at radius 1 is 1.12 bits per heavy atom. The molecule has 1 aromatic carbocycles. The van der Waals surface area contributed by atoms with Gasteiger partial charge in [0.25, 0.3) is 0 Å². The average molecular weight is 465 g/mol. The Morgan fingerprint density at radius 2 is 1.97 bits per heavy atom. The van der Waals surface area contributed by atoms with Gasteiger partial charge in [0.2, 0.25) is 5.95 Å². The van der Waals surface area contributed by atoms with Crippen molar-refractivity contribution < 1.29 is 22.7 Å². The summed E-state index contributed by atoms with van der Waals surface area (Å²) in [7, 11) is 0. The van der Waals surface area contributed by atoms with Crippen LogP contribution in [0, 0.1) is 5.82 Å². The summed E-state index contributed by atoms with van der Waals surface area (Å²) in [6.45, 7) is 1.86. The summed E-state index contributed by atoms with van der Waals surface area (Å²) in [5.41, 5.74) is 1.19. The number of anilines is 2. The fraction of sp³-hybridized carbons (Fsp3) is 0.333. The quantitative estimate of drug-likeness (QED) is 0.440. The van der Waals surface area contributed by atoms with Gasteiger partial charge in [-0.2, -0.15) is 13.2 Å². The smallest absolute Gasteiger partial charge is 0.374 e. The Bertz CT molecular complexity index is 1180. The minimum atomic E-state index is -4.67. The van der Waals surface area contributed by atoms with Crippen molar-refractivity contribution in [1.82, 2.24) is 20.6 Å². The first-order chi connectivity index (χ1) is 15.3. The number of aromatic nitrogens is 2. The van der Waals surface area contributed by atoms with Gasteiger partial charge in [0.1, 0.15) is 17.6 Å². The van der Waals surface area contributed by atoms with Crippen molar-refractivity contribution in [1.29, 1.82) is 0 Å². The first-order valence-corrected chi connectivity index (χ1v) is 10.9. The van der Waals surface area contributed by atoms with Crippen LogP contribution in [0.1, 0.15) is 33.4 Å². The van der Waals surface area contributed by atoms with Crippen LogP contribution in [-0.4, -0.2) is 28.2 Å². The summed E-state index contributed by atoms with van der Waals surface area (Å²) >= 11 is 1.16. The Morgan fingerprint density at radius 3 is 2.75 bits per heavy atom. The lowest BCUT2D eigenvalue weighted by Gasteiger charge is -2.19. The molecule has 2 aliphatic rings. The Kier molecular flexibility index (Phi) is 5.36. The second kappa shape index (κ2) is 8.07. The molecule has 0 amide bonds. The van der Waals surface area contributed by atoms with Gasteiger partial charge >= 0.3 is 6.18 Å². The van der Waals surface area contributed by atoms with Gasteiger partial charge in [0.05, 0.1) is 16.3 Å². The van der Waals surface area contributed by atoms with Crippen molar-refractivity contribution in [2.24, 2.45) is 0 Å². The predicted molar refractivity (Wildman–Crippen MR) is 112 cm³/mol. The van der Waals surface area contributed by atoms with E-state index < -0.39 is 23.8 Å². The first kappa shape index (κ1) is 21.3. The Balaban J connectivity index is 1.55. The van der Waals surface area contributed by atoms with E-state index in [4.69, 9.17) is 0 Å². The number of nitrogens with one attached hydrogen (secondary N) is 3. The van der Waals surface area contributed by atoms with Gasteiger partial charge in [0, 0.05) is 29.7 Å². The Hall–Kier alpha value is -2.60. The van der Waals surface area contributed by atoms with Crippen LogP contribution in [-0.2, 0) is 25.6 Å². The molecular weight excluding hydrogens is 446 g/mol. The van der Waals surface area contributed by atoms with Crippen molar-refractivity contribution in [2.45, 2.75) is 31.8 Å². The molecule has 0 fully saturated rings. The summed E-state index contributed by atoms with van der Waals surface area (Å²) in [6, 6.07) is 4.58. The third kappa shape index (κ3) is 3.96. The number of thiophene rings is 1.